The number of sulfone groups is 1. The van der Waals surface area contributed by atoms with E-state index in [1.54, 1.807) is 33.4 Å². The molecule has 0 bridgehead atoms. The van der Waals surface area contributed by atoms with Gasteiger partial charge in [0.15, 0.2) is 15.6 Å². The van der Waals surface area contributed by atoms with Crippen LogP contribution in [0.15, 0.2) is 76.4 Å². The van der Waals surface area contributed by atoms with Crippen LogP contribution in [0, 0.1) is 18.7 Å². The van der Waals surface area contributed by atoms with Crippen LogP contribution in [0.25, 0.3) is 16.7 Å². The van der Waals surface area contributed by atoms with Gasteiger partial charge in [-0.1, -0.05) is 18.2 Å². The molecule has 1 aliphatic rings. The molecule has 0 unspecified atom stereocenters. The fourth-order valence-corrected chi connectivity index (χ4v) is 5.95. The van der Waals surface area contributed by atoms with Crippen molar-refractivity contribution in [2.45, 2.75) is 31.2 Å². The van der Waals surface area contributed by atoms with Crippen LogP contribution < -0.4 is 5.69 Å². The van der Waals surface area contributed by atoms with Gasteiger partial charge in [0.1, 0.15) is 5.82 Å². The summed E-state index contributed by atoms with van der Waals surface area (Å²) in [6.07, 6.45) is 2.58. The van der Waals surface area contributed by atoms with Crippen molar-refractivity contribution in [1.29, 1.82) is 0 Å². The number of para-hydroxylation sites is 1. The van der Waals surface area contributed by atoms with Gasteiger partial charge in [0.2, 0.25) is 0 Å². The Morgan fingerprint density at radius 3 is 2.34 bits per heavy atom. The van der Waals surface area contributed by atoms with Crippen LogP contribution >= 0.6 is 0 Å². The van der Waals surface area contributed by atoms with Gasteiger partial charge in [0.05, 0.1) is 21.6 Å². The average molecular weight is 536 g/mol. The molecule has 38 heavy (non-hydrogen) atoms. The summed E-state index contributed by atoms with van der Waals surface area (Å²) in [4.78, 5) is 28.9. The van der Waals surface area contributed by atoms with E-state index in [1.807, 2.05) is 25.1 Å². The first kappa shape index (κ1) is 26.1. The molecule has 0 N–H and O–H groups in total. The van der Waals surface area contributed by atoms with E-state index in [0.717, 1.165) is 35.9 Å². The second-order valence-corrected chi connectivity index (χ2v) is 12.0. The zero-order valence-corrected chi connectivity index (χ0v) is 22.2. The maximum atomic E-state index is 13.7. The van der Waals surface area contributed by atoms with E-state index in [-0.39, 0.29) is 28.1 Å². The quantitative estimate of drug-likeness (QED) is 0.331. The lowest BCUT2D eigenvalue weighted by Crippen LogP contribution is -2.39. The van der Waals surface area contributed by atoms with Crippen molar-refractivity contribution >= 4 is 26.7 Å². The Bertz CT molecular complexity index is 1660. The summed E-state index contributed by atoms with van der Waals surface area (Å²) in [5.74, 6) is -0.395. The van der Waals surface area contributed by atoms with Crippen molar-refractivity contribution in [3.05, 3.63) is 94.2 Å². The molecule has 198 valence electrons. The molecule has 0 saturated carbocycles. The van der Waals surface area contributed by atoms with Gasteiger partial charge in [-0.25, -0.2) is 17.6 Å². The molecule has 4 aromatic rings. The number of aryl methyl sites for hydroxylation is 1. The second-order valence-electron chi connectivity index (χ2n) is 9.97. The molecule has 1 fully saturated rings. The van der Waals surface area contributed by atoms with Crippen molar-refractivity contribution < 1.29 is 17.6 Å². The fraction of sp³-hybridized carbons (Fsp3) is 0.310. The number of benzene rings is 3. The molecule has 1 saturated heterocycles. The summed E-state index contributed by atoms with van der Waals surface area (Å²) in [6, 6.07) is 17.9. The molecule has 3 aromatic carbocycles. The minimum atomic E-state index is -3.43. The Balaban J connectivity index is 1.36. The van der Waals surface area contributed by atoms with Gasteiger partial charge in [-0.2, -0.15) is 0 Å². The normalized spacial score (nSPS) is 15.2. The number of likely N-dealkylation sites (tertiary alicyclic amines) is 1. The highest BCUT2D eigenvalue weighted by Gasteiger charge is 2.26. The SMILES string of the molecule is Cc1cccc2c1n(-c1cccc(S(C)(=O)=O)c1)c(=O)n2CCN1CCC(C(=O)c2ccc(F)cc2)CC1. The number of hydrogen-bond acceptors (Lipinski definition) is 5. The maximum Gasteiger partial charge on any atom is 0.333 e. The molecule has 1 aromatic heterocycles. The van der Waals surface area contributed by atoms with Crippen LogP contribution in [0.1, 0.15) is 28.8 Å². The summed E-state index contributed by atoms with van der Waals surface area (Å²) in [6.45, 7) is 4.52. The average Bonchev–Trinajstić information content (AvgIpc) is 3.19. The third-order valence-electron chi connectivity index (χ3n) is 7.38. The van der Waals surface area contributed by atoms with Crippen LogP contribution in [-0.2, 0) is 16.4 Å². The lowest BCUT2D eigenvalue weighted by atomic mass is 9.89. The van der Waals surface area contributed by atoms with Crippen molar-refractivity contribution in [3.63, 3.8) is 0 Å². The van der Waals surface area contributed by atoms with E-state index in [2.05, 4.69) is 4.90 Å². The van der Waals surface area contributed by atoms with Crippen LogP contribution in [0.4, 0.5) is 4.39 Å². The first-order valence-corrected chi connectivity index (χ1v) is 14.6. The van der Waals surface area contributed by atoms with Gasteiger partial charge in [0, 0.05) is 30.8 Å². The minimum absolute atomic E-state index is 0.0516. The number of piperidine rings is 1. The summed E-state index contributed by atoms with van der Waals surface area (Å²) in [5, 5.41) is 0. The van der Waals surface area contributed by atoms with E-state index in [4.69, 9.17) is 0 Å². The number of fused-ring (bicyclic) bond motifs is 1. The van der Waals surface area contributed by atoms with Crippen molar-refractivity contribution in [1.82, 2.24) is 14.0 Å². The van der Waals surface area contributed by atoms with Crippen LogP contribution in [0.5, 0.6) is 0 Å². The zero-order valence-electron chi connectivity index (χ0n) is 21.4. The molecule has 0 radical (unpaired) electrons. The van der Waals surface area contributed by atoms with Crippen LogP contribution in [-0.4, -0.2) is 54.1 Å². The van der Waals surface area contributed by atoms with Gasteiger partial charge in [0.25, 0.3) is 0 Å². The van der Waals surface area contributed by atoms with E-state index < -0.39 is 9.84 Å². The minimum Gasteiger partial charge on any atom is -0.302 e. The maximum absolute atomic E-state index is 13.7. The predicted octanol–water partition coefficient (Wildman–Crippen LogP) is 4.24. The molecule has 0 amide bonds. The predicted molar refractivity (Wildman–Crippen MR) is 145 cm³/mol. The zero-order chi connectivity index (χ0) is 27.0. The number of carbonyl (C=O) groups excluding carboxylic acids is 1. The third kappa shape index (κ3) is 5.08. The topological polar surface area (TPSA) is 81.4 Å². The van der Waals surface area contributed by atoms with Crippen molar-refractivity contribution in [2.24, 2.45) is 5.92 Å². The summed E-state index contributed by atoms with van der Waals surface area (Å²) >= 11 is 0. The monoisotopic (exact) mass is 535 g/mol. The number of imidazole rings is 1. The molecule has 5 rings (SSSR count). The summed E-state index contributed by atoms with van der Waals surface area (Å²) in [7, 11) is -3.43. The molecular formula is C29H30FN3O4S. The van der Waals surface area contributed by atoms with E-state index in [9.17, 15) is 22.4 Å². The Hall–Kier alpha value is -3.56. The summed E-state index contributed by atoms with van der Waals surface area (Å²) in [5.41, 5.74) is 3.30. The summed E-state index contributed by atoms with van der Waals surface area (Å²) < 4.78 is 40.8. The molecule has 0 spiro atoms. The largest absolute Gasteiger partial charge is 0.333 e. The van der Waals surface area contributed by atoms with Gasteiger partial charge in [-0.15, -0.1) is 0 Å². The van der Waals surface area contributed by atoms with Crippen LogP contribution in [0.2, 0.25) is 0 Å². The molecular weight excluding hydrogens is 505 g/mol. The Kier molecular flexibility index (Phi) is 7.07. The van der Waals surface area contributed by atoms with Crippen molar-refractivity contribution in [3.8, 4) is 5.69 Å². The smallest absolute Gasteiger partial charge is 0.302 e. The Morgan fingerprint density at radius 1 is 0.974 bits per heavy atom. The Morgan fingerprint density at radius 2 is 1.66 bits per heavy atom. The highest BCUT2D eigenvalue weighted by Crippen LogP contribution is 2.25. The molecule has 0 aliphatic carbocycles. The highest BCUT2D eigenvalue weighted by molar-refractivity contribution is 7.90. The number of halogens is 1. The lowest BCUT2D eigenvalue weighted by molar-refractivity contribution is 0.0837. The lowest BCUT2D eigenvalue weighted by Gasteiger charge is -2.31. The standard InChI is InChI=1S/C29H30FN3O4S/c1-20-5-3-8-26-27(20)33(24-6-4-7-25(19-24)38(2,36)37)29(35)32(26)18-17-31-15-13-22(14-16-31)28(34)21-9-11-23(30)12-10-21/h3-12,19,22H,13-18H2,1-2H3. The number of aromatic nitrogens is 2. The molecule has 1 aliphatic heterocycles. The number of hydrogen-bond donors (Lipinski definition) is 0. The van der Waals surface area contributed by atoms with E-state index in [1.165, 1.54) is 24.3 Å². The number of rotatable bonds is 7. The first-order chi connectivity index (χ1) is 18.1. The number of ketones is 1. The van der Waals surface area contributed by atoms with Gasteiger partial charge in [-0.05, 0) is 86.9 Å². The fourth-order valence-electron chi connectivity index (χ4n) is 5.29. The molecule has 7 nitrogen and oxygen atoms in total. The van der Waals surface area contributed by atoms with Crippen molar-refractivity contribution in [2.75, 3.05) is 25.9 Å². The van der Waals surface area contributed by atoms with Gasteiger partial charge >= 0.3 is 5.69 Å². The first-order valence-electron chi connectivity index (χ1n) is 12.7. The number of Topliss-reactive ketones (excluding diaryl/α,β-unsaturated/α-hetero) is 1. The van der Waals surface area contributed by atoms with Crippen LogP contribution in [0.3, 0.4) is 0 Å². The van der Waals surface area contributed by atoms with E-state index in [0.29, 0.717) is 37.2 Å². The Labute approximate surface area is 221 Å². The second kappa shape index (κ2) is 10.3. The third-order valence-corrected chi connectivity index (χ3v) is 8.49. The number of carbonyl (C=O) groups is 1. The molecule has 9 heteroatoms. The molecule has 2 heterocycles. The van der Waals surface area contributed by atoms with E-state index >= 15 is 0 Å². The van der Waals surface area contributed by atoms with Gasteiger partial charge < -0.3 is 4.90 Å². The van der Waals surface area contributed by atoms with Gasteiger partial charge in [-0.3, -0.25) is 13.9 Å². The number of nitrogens with zero attached hydrogens (tertiary/aromatic N) is 3. The highest BCUT2D eigenvalue weighted by atomic mass is 32.2. The molecule has 0 atom stereocenters.